The van der Waals surface area contributed by atoms with Gasteiger partial charge in [0.05, 0.1) is 0 Å². The number of rotatable bonds is 3. The van der Waals surface area contributed by atoms with Crippen molar-refractivity contribution in [3.05, 3.63) is 45.9 Å². The maximum Gasteiger partial charge on any atom is 0.291 e. The highest BCUT2D eigenvalue weighted by Crippen LogP contribution is 2.33. The molecule has 0 aliphatic heterocycles. The van der Waals surface area contributed by atoms with Gasteiger partial charge in [0.2, 0.25) is 0 Å². The first-order chi connectivity index (χ1) is 7.68. The molecular weight excluding hydrogens is 254 g/mol. The van der Waals surface area contributed by atoms with Crippen LogP contribution in [-0.4, -0.2) is 10.2 Å². The molecule has 1 atom stereocenters. The highest BCUT2D eigenvalue weighted by molar-refractivity contribution is 7.11. The largest absolute Gasteiger partial charge is 0.291 e. The summed E-state index contributed by atoms with van der Waals surface area (Å²) in [5.41, 5.74) is 0.820. The van der Waals surface area contributed by atoms with E-state index in [0.29, 0.717) is 5.01 Å². The maximum absolute atomic E-state index is 12.3. The van der Waals surface area contributed by atoms with Crippen LogP contribution < -0.4 is 0 Å². The van der Waals surface area contributed by atoms with Gasteiger partial charge in [0.25, 0.3) is 6.43 Å². The molecule has 1 heterocycles. The maximum atomic E-state index is 12.3. The zero-order valence-corrected chi connectivity index (χ0v) is 9.55. The van der Waals surface area contributed by atoms with Crippen molar-refractivity contribution in [2.45, 2.75) is 11.8 Å². The summed E-state index contributed by atoms with van der Waals surface area (Å²) >= 11 is 6.95. The van der Waals surface area contributed by atoms with Crippen molar-refractivity contribution in [1.82, 2.24) is 10.2 Å². The standard InChI is InChI=1S/C10H7ClF2N2S/c11-7(6-4-2-1-3-5-6)9-14-15-10(16-9)8(12)13/h1-5,7-8H. The first kappa shape index (κ1) is 11.4. The Labute approximate surface area is 99.9 Å². The lowest BCUT2D eigenvalue weighted by molar-refractivity contribution is 0.150. The van der Waals surface area contributed by atoms with Crippen LogP contribution in [-0.2, 0) is 0 Å². The van der Waals surface area contributed by atoms with Crippen LogP contribution in [0.25, 0.3) is 0 Å². The highest BCUT2D eigenvalue weighted by Gasteiger charge is 2.19. The minimum Gasteiger partial charge on any atom is -0.202 e. The zero-order valence-electron chi connectivity index (χ0n) is 7.98. The number of hydrogen-bond donors (Lipinski definition) is 0. The van der Waals surface area contributed by atoms with Gasteiger partial charge >= 0.3 is 0 Å². The minimum absolute atomic E-state index is 0.295. The van der Waals surface area contributed by atoms with Gasteiger partial charge in [-0.2, -0.15) is 0 Å². The average Bonchev–Trinajstić information content (AvgIpc) is 2.78. The van der Waals surface area contributed by atoms with Crippen molar-refractivity contribution < 1.29 is 8.78 Å². The molecule has 1 unspecified atom stereocenters. The first-order valence-corrected chi connectivity index (χ1v) is 5.74. The number of hydrogen-bond acceptors (Lipinski definition) is 3. The van der Waals surface area contributed by atoms with Gasteiger partial charge in [0, 0.05) is 0 Å². The van der Waals surface area contributed by atoms with Crippen molar-refractivity contribution in [3.63, 3.8) is 0 Å². The van der Waals surface area contributed by atoms with Crippen molar-refractivity contribution in [1.29, 1.82) is 0 Å². The average molecular weight is 261 g/mol. The molecule has 0 spiro atoms. The summed E-state index contributed by atoms with van der Waals surface area (Å²) in [5.74, 6) is 0. The SMILES string of the molecule is FC(F)c1nnc(C(Cl)c2ccccc2)s1. The monoisotopic (exact) mass is 260 g/mol. The Balaban J connectivity index is 2.24. The van der Waals surface area contributed by atoms with E-state index in [9.17, 15) is 8.78 Å². The summed E-state index contributed by atoms with van der Waals surface area (Å²) in [4.78, 5) is 0. The molecule has 0 radical (unpaired) electrons. The van der Waals surface area contributed by atoms with Gasteiger partial charge in [-0.15, -0.1) is 21.8 Å². The molecule has 0 bridgehead atoms. The summed E-state index contributed by atoms with van der Waals surface area (Å²) in [6, 6.07) is 9.17. The molecule has 1 aromatic heterocycles. The van der Waals surface area contributed by atoms with Gasteiger partial charge in [-0.25, -0.2) is 8.78 Å². The fraction of sp³-hybridized carbons (Fsp3) is 0.200. The molecule has 0 amide bonds. The lowest BCUT2D eigenvalue weighted by atomic mass is 10.1. The molecule has 2 aromatic rings. The minimum atomic E-state index is -2.59. The Hall–Kier alpha value is -1.07. The third kappa shape index (κ3) is 2.36. The lowest BCUT2D eigenvalue weighted by Gasteiger charge is -2.04. The molecule has 1 aromatic carbocycles. The topological polar surface area (TPSA) is 25.8 Å². The number of benzene rings is 1. The lowest BCUT2D eigenvalue weighted by Crippen LogP contribution is -1.91. The van der Waals surface area contributed by atoms with Crippen LogP contribution in [0.15, 0.2) is 30.3 Å². The van der Waals surface area contributed by atoms with Gasteiger partial charge in [-0.1, -0.05) is 41.7 Å². The predicted molar refractivity (Wildman–Crippen MR) is 59.0 cm³/mol. The van der Waals surface area contributed by atoms with E-state index in [-0.39, 0.29) is 5.01 Å². The van der Waals surface area contributed by atoms with Crippen molar-refractivity contribution in [2.24, 2.45) is 0 Å². The normalized spacial score (nSPS) is 13.0. The second-order valence-corrected chi connectivity index (χ2v) is 4.53. The fourth-order valence-electron chi connectivity index (χ4n) is 1.20. The number of nitrogens with zero attached hydrogens (tertiary/aromatic N) is 2. The third-order valence-corrected chi connectivity index (χ3v) is 3.54. The van der Waals surface area contributed by atoms with Crippen molar-refractivity contribution >= 4 is 22.9 Å². The van der Waals surface area contributed by atoms with E-state index in [2.05, 4.69) is 10.2 Å². The Kier molecular flexibility index (Phi) is 3.46. The summed E-state index contributed by atoms with van der Waals surface area (Å²) in [7, 11) is 0. The van der Waals surface area contributed by atoms with Gasteiger partial charge in [0.15, 0.2) is 5.01 Å². The Bertz CT molecular complexity index is 461. The second-order valence-electron chi connectivity index (χ2n) is 3.05. The van der Waals surface area contributed by atoms with Gasteiger partial charge in [-0.05, 0) is 5.56 Å². The Morgan fingerprint density at radius 3 is 2.25 bits per heavy atom. The molecule has 16 heavy (non-hydrogen) atoms. The smallest absolute Gasteiger partial charge is 0.202 e. The van der Waals surface area contributed by atoms with Crippen molar-refractivity contribution in [2.75, 3.05) is 0 Å². The molecule has 84 valence electrons. The Morgan fingerprint density at radius 1 is 1.06 bits per heavy atom. The van der Waals surface area contributed by atoms with Gasteiger partial charge in [-0.3, -0.25) is 0 Å². The molecule has 0 fully saturated rings. The molecule has 0 aliphatic rings. The van der Waals surface area contributed by atoms with Crippen LogP contribution in [0.4, 0.5) is 8.78 Å². The highest BCUT2D eigenvalue weighted by atomic mass is 35.5. The van der Waals surface area contributed by atoms with E-state index in [4.69, 9.17) is 11.6 Å². The van der Waals surface area contributed by atoms with Crippen LogP contribution in [0, 0.1) is 0 Å². The summed E-state index contributed by atoms with van der Waals surface area (Å²) in [6.45, 7) is 0. The molecule has 2 nitrogen and oxygen atoms in total. The third-order valence-electron chi connectivity index (χ3n) is 1.95. The summed E-state index contributed by atoms with van der Waals surface area (Å²) < 4.78 is 24.6. The molecule has 0 saturated carbocycles. The molecule has 0 N–H and O–H groups in total. The second kappa shape index (κ2) is 4.84. The molecule has 2 rings (SSSR count). The quantitative estimate of drug-likeness (QED) is 0.785. The zero-order chi connectivity index (χ0) is 11.5. The molecule has 0 aliphatic carbocycles. The van der Waals surface area contributed by atoms with Crippen LogP contribution >= 0.6 is 22.9 Å². The molecule has 0 saturated heterocycles. The Morgan fingerprint density at radius 2 is 1.69 bits per heavy atom. The van der Waals surface area contributed by atoms with E-state index >= 15 is 0 Å². The summed E-state index contributed by atoms with van der Waals surface area (Å²) in [5, 5.41) is 6.64. The first-order valence-electron chi connectivity index (χ1n) is 4.49. The van der Waals surface area contributed by atoms with E-state index in [1.165, 1.54) is 0 Å². The van der Waals surface area contributed by atoms with Crippen LogP contribution in [0.3, 0.4) is 0 Å². The van der Waals surface area contributed by atoms with Gasteiger partial charge in [0.1, 0.15) is 10.4 Å². The van der Waals surface area contributed by atoms with E-state index < -0.39 is 11.8 Å². The predicted octanol–water partition coefficient (Wildman–Crippen LogP) is 3.80. The summed E-state index contributed by atoms with van der Waals surface area (Å²) in [6.07, 6.45) is -2.59. The fourth-order valence-corrected chi connectivity index (χ4v) is 2.23. The van der Waals surface area contributed by atoms with Crippen LogP contribution in [0.2, 0.25) is 0 Å². The number of alkyl halides is 3. The van der Waals surface area contributed by atoms with Gasteiger partial charge < -0.3 is 0 Å². The molecular formula is C10H7ClF2N2S. The van der Waals surface area contributed by atoms with E-state index in [1.807, 2.05) is 30.3 Å². The van der Waals surface area contributed by atoms with Crippen LogP contribution in [0.5, 0.6) is 0 Å². The van der Waals surface area contributed by atoms with E-state index in [0.717, 1.165) is 16.9 Å². The van der Waals surface area contributed by atoms with Crippen LogP contribution in [0.1, 0.15) is 27.4 Å². The van der Waals surface area contributed by atoms with Crippen molar-refractivity contribution in [3.8, 4) is 0 Å². The molecule has 6 heteroatoms. The number of halogens is 3. The number of aromatic nitrogens is 2. The van der Waals surface area contributed by atoms with E-state index in [1.54, 1.807) is 0 Å².